The Morgan fingerprint density at radius 1 is 1.56 bits per heavy atom. The Labute approximate surface area is 94.3 Å². The van der Waals surface area contributed by atoms with E-state index in [2.05, 4.69) is 0 Å². The molecule has 1 aromatic rings. The van der Waals surface area contributed by atoms with Crippen LogP contribution in [0.25, 0.3) is 0 Å². The molecule has 4 nitrogen and oxygen atoms in total. The van der Waals surface area contributed by atoms with E-state index in [-0.39, 0.29) is 0 Å². The number of rotatable bonds is 3. The zero-order chi connectivity index (χ0) is 12.5. The maximum atomic E-state index is 13.4. The maximum Gasteiger partial charge on any atom is 0.320 e. The highest BCUT2D eigenvalue weighted by Crippen LogP contribution is 2.30. The summed E-state index contributed by atoms with van der Waals surface area (Å²) in [5, 5.41) is 16.8. The van der Waals surface area contributed by atoms with Gasteiger partial charge in [0.1, 0.15) is 22.6 Å². The van der Waals surface area contributed by atoms with Crippen molar-refractivity contribution in [1.82, 2.24) is 0 Å². The van der Waals surface area contributed by atoms with E-state index in [9.17, 15) is 13.6 Å². The first kappa shape index (κ1) is 12.7. The molecule has 0 saturated heterocycles. The summed E-state index contributed by atoms with van der Waals surface area (Å²) in [5.41, 5.74) is 4.58. The number of hydrogen-bond donors (Lipinski definition) is 3. The highest BCUT2D eigenvalue weighted by molar-refractivity contribution is 6.32. The third-order valence-corrected chi connectivity index (χ3v) is 2.34. The van der Waals surface area contributed by atoms with Crippen molar-refractivity contribution in [2.24, 2.45) is 5.73 Å². The second kappa shape index (κ2) is 4.63. The number of phenolic OH excluding ortho intramolecular Hbond substituents is 1. The first-order chi connectivity index (χ1) is 7.34. The first-order valence-corrected chi connectivity index (χ1v) is 4.56. The second-order valence-corrected chi connectivity index (χ2v) is 3.51. The summed E-state index contributed by atoms with van der Waals surface area (Å²) < 4.78 is 26.6. The smallest absolute Gasteiger partial charge is 0.320 e. The van der Waals surface area contributed by atoms with E-state index in [0.29, 0.717) is 6.07 Å². The molecular weight excluding hydrogens is 244 g/mol. The van der Waals surface area contributed by atoms with Crippen LogP contribution in [-0.4, -0.2) is 22.2 Å². The number of carbonyl (C=O) groups is 1. The molecule has 0 aliphatic rings. The lowest BCUT2D eigenvalue weighted by Crippen LogP contribution is -2.33. The molecule has 0 saturated carbocycles. The number of aromatic hydroxyl groups is 1. The molecule has 0 aliphatic carbocycles. The minimum atomic E-state index is -1.44. The summed E-state index contributed by atoms with van der Waals surface area (Å²) in [7, 11) is 0. The zero-order valence-corrected chi connectivity index (χ0v) is 8.63. The molecule has 0 aromatic heterocycles. The summed E-state index contributed by atoms with van der Waals surface area (Å²) in [6, 6.07) is -0.834. The Balaban J connectivity index is 3.14. The standard InChI is InChI=1S/C9H8ClF2NO3/c10-7-6(14)2-4(11)3(8(7)12)1-5(13)9(15)16/h2,5,14H,1,13H2,(H,15,16). The molecule has 0 radical (unpaired) electrons. The fourth-order valence-corrected chi connectivity index (χ4v) is 1.28. The molecule has 0 spiro atoms. The van der Waals surface area contributed by atoms with Crippen molar-refractivity contribution < 1.29 is 23.8 Å². The maximum absolute atomic E-state index is 13.4. The molecule has 4 N–H and O–H groups in total. The molecular formula is C9H8ClF2NO3. The predicted molar refractivity (Wildman–Crippen MR) is 52.3 cm³/mol. The highest BCUT2D eigenvalue weighted by atomic mass is 35.5. The van der Waals surface area contributed by atoms with Crippen molar-refractivity contribution in [2.75, 3.05) is 0 Å². The van der Waals surface area contributed by atoms with Gasteiger partial charge in [-0.3, -0.25) is 4.79 Å². The number of phenols is 1. The average Bonchev–Trinajstić information content (AvgIpc) is 2.20. The predicted octanol–water partition coefficient (Wildman–Crippen LogP) is 1.28. The molecule has 1 atom stereocenters. The Bertz CT molecular complexity index is 439. The van der Waals surface area contributed by atoms with E-state index < -0.39 is 46.4 Å². The van der Waals surface area contributed by atoms with Gasteiger partial charge in [-0.1, -0.05) is 11.6 Å². The molecule has 16 heavy (non-hydrogen) atoms. The summed E-state index contributed by atoms with van der Waals surface area (Å²) in [5.74, 6) is -4.42. The summed E-state index contributed by atoms with van der Waals surface area (Å²) in [6.45, 7) is 0. The molecule has 0 heterocycles. The van der Waals surface area contributed by atoms with Crippen molar-refractivity contribution in [2.45, 2.75) is 12.5 Å². The Kier molecular flexibility index (Phi) is 3.66. The van der Waals surface area contributed by atoms with Crippen LogP contribution in [0.5, 0.6) is 5.75 Å². The normalized spacial score (nSPS) is 12.5. The van der Waals surface area contributed by atoms with Crippen molar-refractivity contribution in [3.05, 3.63) is 28.3 Å². The van der Waals surface area contributed by atoms with Crippen LogP contribution in [-0.2, 0) is 11.2 Å². The van der Waals surface area contributed by atoms with Crippen LogP contribution in [0.1, 0.15) is 5.56 Å². The molecule has 0 amide bonds. The molecule has 7 heteroatoms. The van der Waals surface area contributed by atoms with Crippen LogP contribution in [0.15, 0.2) is 6.07 Å². The van der Waals surface area contributed by atoms with Crippen LogP contribution in [0, 0.1) is 11.6 Å². The number of carboxylic acid groups (broad SMARTS) is 1. The number of halogens is 3. The van der Waals surface area contributed by atoms with Gasteiger partial charge in [-0.15, -0.1) is 0 Å². The van der Waals surface area contributed by atoms with Gasteiger partial charge in [0.25, 0.3) is 0 Å². The van der Waals surface area contributed by atoms with Gasteiger partial charge < -0.3 is 15.9 Å². The summed E-state index contributed by atoms with van der Waals surface area (Å²) in [6.07, 6.45) is -0.549. The van der Waals surface area contributed by atoms with Gasteiger partial charge in [-0.25, -0.2) is 8.78 Å². The van der Waals surface area contributed by atoms with Gasteiger partial charge in [0.2, 0.25) is 0 Å². The first-order valence-electron chi connectivity index (χ1n) is 4.18. The monoisotopic (exact) mass is 251 g/mol. The minimum absolute atomic E-state index is 0.549. The lowest BCUT2D eigenvalue weighted by atomic mass is 10.1. The fraction of sp³-hybridized carbons (Fsp3) is 0.222. The molecule has 88 valence electrons. The van der Waals surface area contributed by atoms with Gasteiger partial charge >= 0.3 is 5.97 Å². The average molecular weight is 252 g/mol. The number of hydrogen-bond acceptors (Lipinski definition) is 3. The van der Waals surface area contributed by atoms with Gasteiger partial charge in [-0.2, -0.15) is 0 Å². The third-order valence-electron chi connectivity index (χ3n) is 1.98. The Morgan fingerprint density at radius 3 is 2.62 bits per heavy atom. The summed E-state index contributed by atoms with van der Waals surface area (Å²) >= 11 is 5.34. The van der Waals surface area contributed by atoms with Crippen LogP contribution in [0.2, 0.25) is 5.02 Å². The van der Waals surface area contributed by atoms with Crippen molar-refractivity contribution in [1.29, 1.82) is 0 Å². The van der Waals surface area contributed by atoms with E-state index in [4.69, 9.17) is 27.5 Å². The largest absolute Gasteiger partial charge is 0.506 e. The number of nitrogens with two attached hydrogens (primary N) is 1. The SMILES string of the molecule is NC(Cc1c(F)cc(O)c(Cl)c1F)C(=O)O. The van der Waals surface area contributed by atoms with Gasteiger partial charge in [0, 0.05) is 18.1 Å². The molecule has 0 bridgehead atoms. The van der Waals surface area contributed by atoms with E-state index in [1.165, 1.54) is 0 Å². The minimum Gasteiger partial charge on any atom is -0.506 e. The molecule has 1 unspecified atom stereocenters. The fourth-order valence-electron chi connectivity index (χ4n) is 1.11. The molecule has 0 aliphatic heterocycles. The van der Waals surface area contributed by atoms with E-state index in [1.807, 2.05) is 0 Å². The van der Waals surface area contributed by atoms with Gasteiger partial charge in [-0.05, 0) is 0 Å². The summed E-state index contributed by atoms with van der Waals surface area (Å²) in [4.78, 5) is 10.4. The van der Waals surface area contributed by atoms with Crippen LogP contribution < -0.4 is 5.73 Å². The lowest BCUT2D eigenvalue weighted by Gasteiger charge is -2.10. The van der Waals surface area contributed by atoms with Crippen LogP contribution in [0.3, 0.4) is 0 Å². The van der Waals surface area contributed by atoms with E-state index in [0.717, 1.165) is 0 Å². The molecule has 1 aromatic carbocycles. The number of aliphatic carboxylic acids is 1. The highest BCUT2D eigenvalue weighted by Gasteiger charge is 2.21. The molecule has 1 rings (SSSR count). The third kappa shape index (κ3) is 2.40. The molecule has 0 fully saturated rings. The number of carboxylic acids is 1. The topological polar surface area (TPSA) is 83.5 Å². The quantitative estimate of drug-likeness (QED) is 0.707. The van der Waals surface area contributed by atoms with E-state index in [1.54, 1.807) is 0 Å². The van der Waals surface area contributed by atoms with Crippen molar-refractivity contribution >= 4 is 17.6 Å². The Morgan fingerprint density at radius 2 is 2.12 bits per heavy atom. The van der Waals surface area contributed by atoms with Crippen molar-refractivity contribution in [3.8, 4) is 5.75 Å². The number of benzene rings is 1. The lowest BCUT2D eigenvalue weighted by molar-refractivity contribution is -0.138. The van der Waals surface area contributed by atoms with Crippen LogP contribution in [0.4, 0.5) is 8.78 Å². The second-order valence-electron chi connectivity index (χ2n) is 3.13. The zero-order valence-electron chi connectivity index (χ0n) is 7.88. The van der Waals surface area contributed by atoms with Crippen LogP contribution >= 0.6 is 11.6 Å². The Hall–Kier alpha value is -1.40. The van der Waals surface area contributed by atoms with Crippen molar-refractivity contribution in [3.63, 3.8) is 0 Å². The van der Waals surface area contributed by atoms with E-state index >= 15 is 0 Å². The van der Waals surface area contributed by atoms with Gasteiger partial charge in [0.15, 0.2) is 5.82 Å². The van der Waals surface area contributed by atoms with Gasteiger partial charge in [0.05, 0.1) is 0 Å².